The van der Waals surface area contributed by atoms with Crippen LogP contribution in [-0.2, 0) is 16.0 Å². The van der Waals surface area contributed by atoms with Gasteiger partial charge in [0.05, 0.1) is 29.8 Å². The molecule has 2 aromatic rings. The number of nitrogens with zero attached hydrogens (tertiary/aromatic N) is 3. The number of aromatic nitrogens is 2. The summed E-state index contributed by atoms with van der Waals surface area (Å²) in [7, 11) is 0. The highest BCUT2D eigenvalue weighted by molar-refractivity contribution is 9.10. The normalized spacial score (nSPS) is 14.6. The van der Waals surface area contributed by atoms with Crippen molar-refractivity contribution in [2.24, 2.45) is 5.73 Å². The fraction of sp³-hybridized carbons (Fsp3) is 0.312. The van der Waals surface area contributed by atoms with Crippen LogP contribution < -0.4 is 16.2 Å². The summed E-state index contributed by atoms with van der Waals surface area (Å²) in [5, 5.41) is 0. The van der Waals surface area contributed by atoms with E-state index in [0.29, 0.717) is 37.8 Å². The first-order valence-electron chi connectivity index (χ1n) is 7.65. The number of benzene rings is 1. The molecular formula is C16H16BrFN4O3. The van der Waals surface area contributed by atoms with E-state index in [1.54, 1.807) is 0 Å². The maximum absolute atomic E-state index is 13.5. The number of anilines is 1. The molecule has 1 amide bonds. The highest BCUT2D eigenvalue weighted by atomic mass is 79.9. The summed E-state index contributed by atoms with van der Waals surface area (Å²) in [5.41, 5.74) is 5.34. The van der Waals surface area contributed by atoms with Crippen molar-refractivity contribution in [2.75, 3.05) is 31.2 Å². The summed E-state index contributed by atoms with van der Waals surface area (Å²) >= 11 is 3.10. The van der Waals surface area contributed by atoms with Gasteiger partial charge in [-0.1, -0.05) is 0 Å². The molecule has 0 radical (unpaired) electrons. The van der Waals surface area contributed by atoms with Crippen LogP contribution in [-0.4, -0.2) is 41.8 Å². The van der Waals surface area contributed by atoms with Crippen LogP contribution in [0.15, 0.2) is 33.5 Å². The van der Waals surface area contributed by atoms with Gasteiger partial charge in [-0.05, 0) is 34.1 Å². The van der Waals surface area contributed by atoms with E-state index in [1.165, 1.54) is 28.8 Å². The second-order valence-corrected chi connectivity index (χ2v) is 6.40. The van der Waals surface area contributed by atoms with E-state index in [-0.39, 0.29) is 22.3 Å². The number of halogens is 2. The maximum Gasteiger partial charge on any atom is 0.260 e. The van der Waals surface area contributed by atoms with Gasteiger partial charge >= 0.3 is 0 Å². The summed E-state index contributed by atoms with van der Waals surface area (Å²) in [5.74, 6) is -0.380. The molecule has 0 spiro atoms. The lowest BCUT2D eigenvalue weighted by molar-refractivity contribution is -0.117. The summed E-state index contributed by atoms with van der Waals surface area (Å²) in [6.45, 7) is 2.30. The zero-order valence-electron chi connectivity index (χ0n) is 13.2. The molecule has 7 nitrogen and oxygen atoms in total. The summed E-state index contributed by atoms with van der Waals surface area (Å²) in [6.07, 6.45) is -0.206. The number of morpholine rings is 1. The van der Waals surface area contributed by atoms with Crippen molar-refractivity contribution in [3.05, 3.63) is 50.7 Å². The average molecular weight is 411 g/mol. The number of primary amides is 1. The fourth-order valence-electron chi connectivity index (χ4n) is 2.65. The molecule has 3 rings (SSSR count). The van der Waals surface area contributed by atoms with Crippen LogP contribution in [0.25, 0.3) is 5.69 Å². The molecule has 0 unspecified atom stereocenters. The monoisotopic (exact) mass is 410 g/mol. The van der Waals surface area contributed by atoms with E-state index in [1.807, 2.05) is 4.90 Å². The number of ether oxygens (including phenoxy) is 1. The van der Waals surface area contributed by atoms with Crippen molar-refractivity contribution in [3.63, 3.8) is 0 Å². The van der Waals surface area contributed by atoms with Crippen LogP contribution in [0.1, 0.15) is 5.82 Å². The zero-order valence-corrected chi connectivity index (χ0v) is 14.8. The van der Waals surface area contributed by atoms with Gasteiger partial charge in [-0.3, -0.25) is 14.2 Å². The lowest BCUT2D eigenvalue weighted by Crippen LogP contribution is -2.38. The molecule has 1 aromatic carbocycles. The Morgan fingerprint density at radius 2 is 2.04 bits per heavy atom. The van der Waals surface area contributed by atoms with Crippen LogP contribution in [0.3, 0.4) is 0 Å². The smallest absolute Gasteiger partial charge is 0.260 e. The zero-order chi connectivity index (χ0) is 18.0. The van der Waals surface area contributed by atoms with Gasteiger partial charge in [0.25, 0.3) is 5.56 Å². The van der Waals surface area contributed by atoms with E-state index in [2.05, 4.69) is 20.9 Å². The molecule has 25 heavy (non-hydrogen) atoms. The van der Waals surface area contributed by atoms with Crippen LogP contribution in [0.5, 0.6) is 0 Å². The first kappa shape index (κ1) is 17.6. The van der Waals surface area contributed by atoms with Crippen molar-refractivity contribution in [2.45, 2.75) is 6.42 Å². The number of rotatable bonds is 4. The molecule has 0 bridgehead atoms. The Morgan fingerprint density at radius 1 is 1.32 bits per heavy atom. The first-order chi connectivity index (χ1) is 12.0. The number of amides is 1. The minimum atomic E-state index is -0.610. The quantitative estimate of drug-likeness (QED) is 0.811. The number of hydrogen-bond donors (Lipinski definition) is 1. The summed E-state index contributed by atoms with van der Waals surface area (Å²) in [6, 6.07) is 5.53. The van der Waals surface area contributed by atoms with Crippen molar-refractivity contribution in [1.82, 2.24) is 9.55 Å². The molecule has 2 N–H and O–H groups in total. The predicted molar refractivity (Wildman–Crippen MR) is 93.4 cm³/mol. The second-order valence-electron chi connectivity index (χ2n) is 5.55. The van der Waals surface area contributed by atoms with Crippen LogP contribution >= 0.6 is 15.9 Å². The molecular weight excluding hydrogens is 395 g/mol. The van der Waals surface area contributed by atoms with Gasteiger partial charge in [0, 0.05) is 19.2 Å². The second kappa shape index (κ2) is 7.32. The van der Waals surface area contributed by atoms with Gasteiger partial charge < -0.3 is 15.4 Å². The van der Waals surface area contributed by atoms with Crippen molar-refractivity contribution >= 4 is 27.7 Å². The molecule has 1 fully saturated rings. The van der Waals surface area contributed by atoms with Gasteiger partial charge in [-0.15, -0.1) is 0 Å². The van der Waals surface area contributed by atoms with Crippen LogP contribution in [0.4, 0.5) is 10.2 Å². The number of hydrogen-bond acceptors (Lipinski definition) is 5. The predicted octanol–water partition coefficient (Wildman–Crippen LogP) is 0.999. The lowest BCUT2D eigenvalue weighted by Gasteiger charge is -2.28. The maximum atomic E-state index is 13.5. The molecule has 9 heteroatoms. The Labute approximate surface area is 151 Å². The Kier molecular flexibility index (Phi) is 5.14. The minimum Gasteiger partial charge on any atom is -0.378 e. The van der Waals surface area contributed by atoms with Gasteiger partial charge in [0.1, 0.15) is 17.5 Å². The molecule has 1 aliphatic rings. The highest BCUT2D eigenvalue weighted by Gasteiger charge is 2.18. The molecule has 0 saturated carbocycles. The number of carbonyl (C=O) groups excluding carboxylic acids is 1. The Balaban J connectivity index is 2.11. The van der Waals surface area contributed by atoms with E-state index < -0.39 is 11.7 Å². The third kappa shape index (κ3) is 3.88. The summed E-state index contributed by atoms with van der Waals surface area (Å²) in [4.78, 5) is 30.5. The topological polar surface area (TPSA) is 90.5 Å². The Bertz CT molecular complexity index is 865. The van der Waals surface area contributed by atoms with Crippen molar-refractivity contribution < 1.29 is 13.9 Å². The van der Waals surface area contributed by atoms with Crippen molar-refractivity contribution in [3.8, 4) is 5.69 Å². The van der Waals surface area contributed by atoms with Gasteiger partial charge in [0.15, 0.2) is 0 Å². The van der Waals surface area contributed by atoms with E-state index in [9.17, 15) is 14.0 Å². The van der Waals surface area contributed by atoms with Gasteiger partial charge in [-0.2, -0.15) is 0 Å². The Hall–Kier alpha value is -2.26. The first-order valence-corrected chi connectivity index (χ1v) is 8.44. The molecule has 0 atom stereocenters. The Morgan fingerprint density at radius 3 is 2.68 bits per heavy atom. The molecule has 1 aliphatic heterocycles. The highest BCUT2D eigenvalue weighted by Crippen LogP contribution is 2.20. The number of carbonyl (C=O) groups is 1. The number of nitrogens with two attached hydrogens (primary N) is 1. The standard InChI is InChI=1S/C16H16BrFN4O3/c17-11-7-10(1-2-12(11)18)22-15(8-13(19)23)20-14(9-16(22)24)21-3-5-25-6-4-21/h1-2,7,9H,3-6,8H2,(H2,19,23). The summed E-state index contributed by atoms with van der Waals surface area (Å²) < 4.78 is 20.3. The SMILES string of the molecule is NC(=O)Cc1nc(N2CCOCC2)cc(=O)n1-c1ccc(F)c(Br)c1. The van der Waals surface area contributed by atoms with E-state index >= 15 is 0 Å². The molecule has 1 saturated heterocycles. The third-order valence-corrected chi connectivity index (χ3v) is 4.41. The van der Waals surface area contributed by atoms with Gasteiger partial charge in [0.2, 0.25) is 5.91 Å². The third-order valence-electron chi connectivity index (χ3n) is 3.80. The van der Waals surface area contributed by atoms with E-state index in [0.717, 1.165) is 0 Å². The minimum absolute atomic E-state index is 0.206. The molecule has 0 aliphatic carbocycles. The van der Waals surface area contributed by atoms with Crippen molar-refractivity contribution in [1.29, 1.82) is 0 Å². The average Bonchev–Trinajstić information content (AvgIpc) is 2.57. The lowest BCUT2D eigenvalue weighted by atomic mass is 10.2. The molecule has 1 aromatic heterocycles. The van der Waals surface area contributed by atoms with Crippen LogP contribution in [0, 0.1) is 5.82 Å². The van der Waals surface area contributed by atoms with Gasteiger partial charge in [-0.25, -0.2) is 9.37 Å². The van der Waals surface area contributed by atoms with E-state index in [4.69, 9.17) is 10.5 Å². The fourth-order valence-corrected chi connectivity index (χ4v) is 3.01. The molecule has 132 valence electrons. The van der Waals surface area contributed by atoms with Crippen LogP contribution in [0.2, 0.25) is 0 Å². The molecule has 2 heterocycles. The largest absolute Gasteiger partial charge is 0.378 e.